The van der Waals surface area contributed by atoms with Crippen LogP contribution in [-0.2, 0) is 11.2 Å². The Morgan fingerprint density at radius 2 is 2.35 bits per heavy atom. The number of hydrogen-bond acceptors (Lipinski definition) is 3. The highest BCUT2D eigenvalue weighted by Crippen LogP contribution is 2.48. The van der Waals surface area contributed by atoms with E-state index in [2.05, 4.69) is 4.98 Å². The lowest BCUT2D eigenvalue weighted by molar-refractivity contribution is -0.149. The normalized spacial score (nSPS) is 18.5. The maximum atomic E-state index is 11.4. The van der Waals surface area contributed by atoms with Gasteiger partial charge in [-0.2, -0.15) is 0 Å². The fourth-order valence-electron chi connectivity index (χ4n) is 2.25. The molecule has 4 nitrogen and oxygen atoms in total. The molecule has 1 aromatic heterocycles. The Kier molecular flexibility index (Phi) is 3.05. The molecule has 1 aromatic rings. The van der Waals surface area contributed by atoms with Crippen molar-refractivity contribution in [2.75, 3.05) is 7.11 Å². The highest BCUT2D eigenvalue weighted by atomic mass is 16.5. The third kappa shape index (κ3) is 2.25. The average Bonchev–Trinajstić information content (AvgIpc) is 3.13. The van der Waals surface area contributed by atoms with E-state index < -0.39 is 11.4 Å². The molecular formula is C13H17NO3. The topological polar surface area (TPSA) is 59.4 Å². The number of nitrogens with zero attached hydrogens (tertiary/aromatic N) is 1. The molecule has 0 aliphatic heterocycles. The third-order valence-electron chi connectivity index (χ3n) is 3.57. The van der Waals surface area contributed by atoms with Gasteiger partial charge in [-0.05, 0) is 38.2 Å². The van der Waals surface area contributed by atoms with Crippen LogP contribution < -0.4 is 4.74 Å². The molecule has 0 saturated heterocycles. The summed E-state index contributed by atoms with van der Waals surface area (Å²) in [6, 6.07) is 3.70. The molecule has 1 aliphatic rings. The summed E-state index contributed by atoms with van der Waals surface area (Å²) in [6.45, 7) is 1.82. The SMILES string of the molecule is COc1ncccc1CC(C)(C(=O)O)C1CC1. The van der Waals surface area contributed by atoms with E-state index in [4.69, 9.17) is 4.74 Å². The Morgan fingerprint density at radius 1 is 1.65 bits per heavy atom. The van der Waals surface area contributed by atoms with Crippen LogP contribution >= 0.6 is 0 Å². The third-order valence-corrected chi connectivity index (χ3v) is 3.57. The first-order valence-corrected chi connectivity index (χ1v) is 5.79. The van der Waals surface area contributed by atoms with Crippen LogP contribution in [0.4, 0.5) is 0 Å². The molecule has 0 bridgehead atoms. The van der Waals surface area contributed by atoms with Gasteiger partial charge in [0.15, 0.2) is 0 Å². The number of carboxylic acid groups (broad SMARTS) is 1. The van der Waals surface area contributed by atoms with Gasteiger partial charge >= 0.3 is 5.97 Å². The van der Waals surface area contributed by atoms with Gasteiger partial charge in [0.05, 0.1) is 12.5 Å². The second-order valence-corrected chi connectivity index (χ2v) is 4.85. The Hall–Kier alpha value is -1.58. The van der Waals surface area contributed by atoms with Crippen molar-refractivity contribution in [3.05, 3.63) is 23.9 Å². The number of aromatic nitrogens is 1. The highest BCUT2D eigenvalue weighted by molar-refractivity contribution is 5.75. The van der Waals surface area contributed by atoms with E-state index in [1.807, 2.05) is 19.1 Å². The molecule has 1 unspecified atom stereocenters. The van der Waals surface area contributed by atoms with Crippen LogP contribution in [0.1, 0.15) is 25.3 Å². The van der Waals surface area contributed by atoms with E-state index in [1.165, 1.54) is 0 Å². The molecule has 0 aromatic carbocycles. The van der Waals surface area contributed by atoms with Crippen LogP contribution in [0.2, 0.25) is 0 Å². The van der Waals surface area contributed by atoms with Crippen molar-refractivity contribution in [1.82, 2.24) is 4.98 Å². The summed E-state index contributed by atoms with van der Waals surface area (Å²) in [6.07, 6.45) is 4.14. The minimum Gasteiger partial charge on any atom is -0.481 e. The molecule has 1 aliphatic carbocycles. The lowest BCUT2D eigenvalue weighted by Gasteiger charge is -2.25. The van der Waals surface area contributed by atoms with Gasteiger partial charge in [0, 0.05) is 11.8 Å². The van der Waals surface area contributed by atoms with Crippen molar-refractivity contribution in [3.63, 3.8) is 0 Å². The smallest absolute Gasteiger partial charge is 0.309 e. The number of carboxylic acids is 1. The van der Waals surface area contributed by atoms with Crippen LogP contribution in [0.5, 0.6) is 5.88 Å². The fraction of sp³-hybridized carbons (Fsp3) is 0.538. The largest absolute Gasteiger partial charge is 0.481 e. The molecule has 2 rings (SSSR count). The molecule has 17 heavy (non-hydrogen) atoms. The van der Waals surface area contributed by atoms with Crippen molar-refractivity contribution in [2.45, 2.75) is 26.2 Å². The van der Waals surface area contributed by atoms with Crippen LogP contribution in [0.3, 0.4) is 0 Å². The van der Waals surface area contributed by atoms with Gasteiger partial charge in [-0.15, -0.1) is 0 Å². The second kappa shape index (κ2) is 4.35. The summed E-state index contributed by atoms with van der Waals surface area (Å²) in [5.41, 5.74) is 0.169. The molecule has 1 fully saturated rings. The molecule has 0 radical (unpaired) electrons. The number of aliphatic carboxylic acids is 1. The van der Waals surface area contributed by atoms with Crippen molar-refractivity contribution < 1.29 is 14.6 Å². The summed E-state index contributed by atoms with van der Waals surface area (Å²) in [5, 5.41) is 9.41. The Bertz CT molecular complexity index is 428. The van der Waals surface area contributed by atoms with Crippen molar-refractivity contribution in [2.24, 2.45) is 11.3 Å². The number of carbonyl (C=O) groups is 1. The number of hydrogen-bond donors (Lipinski definition) is 1. The van der Waals surface area contributed by atoms with Gasteiger partial charge in [0.2, 0.25) is 5.88 Å². The van der Waals surface area contributed by atoms with E-state index in [0.29, 0.717) is 12.3 Å². The summed E-state index contributed by atoms with van der Waals surface area (Å²) >= 11 is 0. The molecule has 1 saturated carbocycles. The molecule has 1 heterocycles. The maximum Gasteiger partial charge on any atom is 0.309 e. The fourth-order valence-corrected chi connectivity index (χ4v) is 2.25. The monoisotopic (exact) mass is 235 g/mol. The highest BCUT2D eigenvalue weighted by Gasteiger charge is 2.47. The molecule has 1 atom stereocenters. The van der Waals surface area contributed by atoms with E-state index in [-0.39, 0.29) is 5.92 Å². The second-order valence-electron chi connectivity index (χ2n) is 4.85. The van der Waals surface area contributed by atoms with Crippen molar-refractivity contribution in [3.8, 4) is 5.88 Å². The van der Waals surface area contributed by atoms with Crippen LogP contribution in [0.25, 0.3) is 0 Å². The predicted molar refractivity (Wildman–Crippen MR) is 63.0 cm³/mol. The number of methoxy groups -OCH3 is 1. The number of ether oxygens (including phenoxy) is 1. The molecular weight excluding hydrogens is 218 g/mol. The summed E-state index contributed by atoms with van der Waals surface area (Å²) in [4.78, 5) is 15.6. The van der Waals surface area contributed by atoms with Crippen LogP contribution in [0, 0.1) is 11.3 Å². The van der Waals surface area contributed by atoms with E-state index in [1.54, 1.807) is 13.3 Å². The summed E-state index contributed by atoms with van der Waals surface area (Å²) in [7, 11) is 1.56. The van der Waals surface area contributed by atoms with Gasteiger partial charge in [0.25, 0.3) is 0 Å². The van der Waals surface area contributed by atoms with Crippen molar-refractivity contribution >= 4 is 5.97 Å². The first-order chi connectivity index (χ1) is 8.08. The van der Waals surface area contributed by atoms with Crippen molar-refractivity contribution in [1.29, 1.82) is 0 Å². The van der Waals surface area contributed by atoms with Gasteiger partial charge in [-0.3, -0.25) is 4.79 Å². The zero-order chi connectivity index (χ0) is 12.5. The molecule has 1 N–H and O–H groups in total. The zero-order valence-corrected chi connectivity index (χ0v) is 10.1. The van der Waals surface area contributed by atoms with Crippen LogP contribution in [0.15, 0.2) is 18.3 Å². The zero-order valence-electron chi connectivity index (χ0n) is 10.1. The minimum atomic E-state index is -0.731. The lowest BCUT2D eigenvalue weighted by atomic mass is 9.79. The first kappa shape index (κ1) is 11.9. The van der Waals surface area contributed by atoms with Gasteiger partial charge in [-0.25, -0.2) is 4.98 Å². The Morgan fingerprint density at radius 3 is 2.88 bits per heavy atom. The van der Waals surface area contributed by atoms with Crippen LogP contribution in [-0.4, -0.2) is 23.2 Å². The quantitative estimate of drug-likeness (QED) is 0.849. The molecule has 0 amide bonds. The van der Waals surface area contributed by atoms with Gasteiger partial charge < -0.3 is 9.84 Å². The molecule has 4 heteroatoms. The summed E-state index contributed by atoms with van der Waals surface area (Å²) < 4.78 is 5.17. The standard InChI is InChI=1S/C13H17NO3/c1-13(12(15)16,10-5-6-10)8-9-4-3-7-14-11(9)17-2/h3-4,7,10H,5-6,8H2,1-2H3,(H,15,16). The van der Waals surface area contributed by atoms with Gasteiger partial charge in [-0.1, -0.05) is 6.07 Å². The molecule has 0 spiro atoms. The summed E-state index contributed by atoms with van der Waals surface area (Å²) in [5.74, 6) is 0.0800. The number of pyridine rings is 1. The Labute approximate surface area is 101 Å². The van der Waals surface area contributed by atoms with E-state index in [9.17, 15) is 9.90 Å². The average molecular weight is 235 g/mol. The first-order valence-electron chi connectivity index (χ1n) is 5.79. The maximum absolute atomic E-state index is 11.4. The van der Waals surface area contributed by atoms with Gasteiger partial charge in [0.1, 0.15) is 0 Å². The Balaban J connectivity index is 2.26. The minimum absolute atomic E-state index is 0.282. The molecule has 92 valence electrons. The predicted octanol–water partition coefficient (Wildman–Crippen LogP) is 2.13. The lowest BCUT2D eigenvalue weighted by Crippen LogP contribution is -2.32. The van der Waals surface area contributed by atoms with E-state index >= 15 is 0 Å². The number of rotatable bonds is 5. The van der Waals surface area contributed by atoms with E-state index in [0.717, 1.165) is 18.4 Å².